The van der Waals surface area contributed by atoms with Crippen molar-refractivity contribution in [2.45, 2.75) is 26.2 Å². The van der Waals surface area contributed by atoms with E-state index < -0.39 is 0 Å². The molecule has 0 saturated carbocycles. The Kier molecular flexibility index (Phi) is 5.49. The Morgan fingerprint density at radius 2 is 1.92 bits per heavy atom. The lowest BCUT2D eigenvalue weighted by molar-refractivity contribution is 0.0998. The molecule has 0 bridgehead atoms. The lowest BCUT2D eigenvalue weighted by atomic mass is 10.1. The first kappa shape index (κ1) is 16.5. The smallest absolute Gasteiger partial charge is 0.259 e. The van der Waals surface area contributed by atoms with Gasteiger partial charge in [0.1, 0.15) is 12.4 Å². The van der Waals surface area contributed by atoms with Crippen LogP contribution in [0.5, 0.6) is 5.75 Å². The molecule has 24 heavy (non-hydrogen) atoms. The molecule has 0 spiro atoms. The van der Waals surface area contributed by atoms with Crippen molar-refractivity contribution >= 4 is 11.6 Å². The van der Waals surface area contributed by atoms with Crippen molar-refractivity contribution in [2.24, 2.45) is 0 Å². The van der Waals surface area contributed by atoms with Crippen molar-refractivity contribution in [3.63, 3.8) is 0 Å². The van der Waals surface area contributed by atoms with E-state index in [1.54, 1.807) is 6.07 Å². The molecule has 126 valence electrons. The van der Waals surface area contributed by atoms with Crippen molar-refractivity contribution in [2.75, 3.05) is 25.1 Å². The van der Waals surface area contributed by atoms with Crippen LogP contribution in [0.4, 0.5) is 5.69 Å². The van der Waals surface area contributed by atoms with Gasteiger partial charge in [0.05, 0.1) is 12.2 Å². The highest BCUT2D eigenvalue weighted by atomic mass is 16.5. The summed E-state index contributed by atoms with van der Waals surface area (Å²) in [7, 11) is 0. The van der Waals surface area contributed by atoms with Crippen molar-refractivity contribution in [3.05, 3.63) is 59.2 Å². The maximum Gasteiger partial charge on any atom is 0.259 e. The number of rotatable bonds is 7. The summed E-state index contributed by atoms with van der Waals surface area (Å²) >= 11 is 0. The Balaban J connectivity index is 1.68. The Labute approximate surface area is 142 Å². The predicted molar refractivity (Wildman–Crippen MR) is 94.9 cm³/mol. The van der Waals surface area contributed by atoms with Gasteiger partial charge in [-0.2, -0.15) is 0 Å². The number of ether oxygens (including phenoxy) is 2. The van der Waals surface area contributed by atoms with Gasteiger partial charge in [0.2, 0.25) is 0 Å². The number of aryl methyl sites for hydroxylation is 2. The molecule has 0 aromatic heterocycles. The molecule has 4 nitrogen and oxygen atoms in total. The van der Waals surface area contributed by atoms with Crippen LogP contribution in [-0.2, 0) is 17.6 Å². The standard InChI is InChI=1S/C20H23NO3/c1-2-23-12-13-24-19-9-4-3-8-18(19)20(22)21-17-11-10-15-6-5-7-16(15)14-17/h3-4,8-11,14H,2,5-7,12-13H2,1H3,(H,21,22). The van der Waals surface area contributed by atoms with Crippen LogP contribution < -0.4 is 10.1 Å². The minimum Gasteiger partial charge on any atom is -0.490 e. The Morgan fingerprint density at radius 3 is 2.79 bits per heavy atom. The van der Waals surface area contributed by atoms with Gasteiger partial charge < -0.3 is 14.8 Å². The minimum atomic E-state index is -0.153. The molecule has 1 amide bonds. The topological polar surface area (TPSA) is 47.6 Å². The second-order valence-corrected chi connectivity index (χ2v) is 5.83. The Morgan fingerprint density at radius 1 is 1.08 bits per heavy atom. The van der Waals surface area contributed by atoms with Crippen LogP contribution in [0.15, 0.2) is 42.5 Å². The van der Waals surface area contributed by atoms with Crippen LogP contribution >= 0.6 is 0 Å². The first-order valence-corrected chi connectivity index (χ1v) is 8.50. The fraction of sp³-hybridized carbons (Fsp3) is 0.350. The maximum atomic E-state index is 12.6. The normalized spacial score (nSPS) is 12.7. The molecule has 2 aromatic rings. The number of benzene rings is 2. The molecule has 0 aliphatic heterocycles. The molecule has 0 unspecified atom stereocenters. The minimum absolute atomic E-state index is 0.153. The van der Waals surface area contributed by atoms with Crippen LogP contribution in [-0.4, -0.2) is 25.7 Å². The molecular weight excluding hydrogens is 302 g/mol. The summed E-state index contributed by atoms with van der Waals surface area (Å²) in [6.45, 7) is 3.54. The molecule has 4 heteroatoms. The molecule has 2 aromatic carbocycles. The average Bonchev–Trinajstić information content (AvgIpc) is 3.07. The van der Waals surface area contributed by atoms with Gasteiger partial charge in [0, 0.05) is 12.3 Å². The van der Waals surface area contributed by atoms with Crippen molar-refractivity contribution in [1.82, 2.24) is 0 Å². The highest BCUT2D eigenvalue weighted by molar-refractivity contribution is 6.06. The summed E-state index contributed by atoms with van der Waals surface area (Å²) in [4.78, 5) is 12.6. The van der Waals surface area contributed by atoms with Gasteiger partial charge in [0.15, 0.2) is 0 Å². The van der Waals surface area contributed by atoms with E-state index in [0.29, 0.717) is 31.1 Å². The third-order valence-corrected chi connectivity index (χ3v) is 4.18. The van der Waals surface area contributed by atoms with E-state index in [-0.39, 0.29) is 5.91 Å². The van der Waals surface area contributed by atoms with E-state index in [9.17, 15) is 4.79 Å². The Hall–Kier alpha value is -2.33. The van der Waals surface area contributed by atoms with Gasteiger partial charge in [-0.15, -0.1) is 0 Å². The van der Waals surface area contributed by atoms with Crippen molar-refractivity contribution in [1.29, 1.82) is 0 Å². The first-order chi connectivity index (χ1) is 11.8. The van der Waals surface area contributed by atoms with Gasteiger partial charge in [-0.05, 0) is 61.6 Å². The number of carbonyl (C=O) groups is 1. The number of carbonyl (C=O) groups excluding carboxylic acids is 1. The predicted octanol–water partition coefficient (Wildman–Crippen LogP) is 3.84. The van der Waals surface area contributed by atoms with Gasteiger partial charge >= 0.3 is 0 Å². The summed E-state index contributed by atoms with van der Waals surface area (Å²) < 4.78 is 11.0. The summed E-state index contributed by atoms with van der Waals surface area (Å²) in [6, 6.07) is 13.5. The zero-order valence-corrected chi connectivity index (χ0v) is 14.0. The fourth-order valence-corrected chi connectivity index (χ4v) is 2.98. The Bertz CT molecular complexity index is 712. The van der Waals surface area contributed by atoms with Crippen LogP contribution in [0.3, 0.4) is 0 Å². The van der Waals surface area contributed by atoms with Crippen molar-refractivity contribution < 1.29 is 14.3 Å². The maximum absolute atomic E-state index is 12.6. The van der Waals surface area contributed by atoms with Gasteiger partial charge in [0.25, 0.3) is 5.91 Å². The monoisotopic (exact) mass is 325 g/mol. The zero-order valence-electron chi connectivity index (χ0n) is 14.0. The molecule has 0 heterocycles. The van der Waals surface area contributed by atoms with E-state index in [0.717, 1.165) is 18.5 Å². The molecule has 0 fully saturated rings. The third-order valence-electron chi connectivity index (χ3n) is 4.18. The van der Waals surface area contributed by atoms with Crippen LogP contribution in [0.2, 0.25) is 0 Å². The van der Waals surface area contributed by atoms with Gasteiger partial charge in [-0.25, -0.2) is 0 Å². The molecule has 1 aliphatic carbocycles. The van der Waals surface area contributed by atoms with E-state index in [1.165, 1.54) is 17.5 Å². The molecule has 3 rings (SSSR count). The first-order valence-electron chi connectivity index (χ1n) is 8.50. The van der Waals surface area contributed by atoms with Crippen LogP contribution in [0.25, 0.3) is 0 Å². The lowest BCUT2D eigenvalue weighted by Crippen LogP contribution is -2.15. The number of hydrogen-bond acceptors (Lipinski definition) is 3. The van der Waals surface area contributed by atoms with E-state index in [4.69, 9.17) is 9.47 Å². The quantitative estimate of drug-likeness (QED) is 0.787. The van der Waals surface area contributed by atoms with E-state index in [1.807, 2.05) is 31.2 Å². The highest BCUT2D eigenvalue weighted by Crippen LogP contribution is 2.26. The number of fused-ring (bicyclic) bond motifs is 1. The summed E-state index contributed by atoms with van der Waals surface area (Å²) in [5.74, 6) is 0.427. The van der Waals surface area contributed by atoms with Crippen molar-refractivity contribution in [3.8, 4) is 5.75 Å². The molecule has 1 aliphatic rings. The largest absolute Gasteiger partial charge is 0.490 e. The van der Waals surface area contributed by atoms with E-state index in [2.05, 4.69) is 17.4 Å². The number of para-hydroxylation sites is 1. The number of nitrogens with one attached hydrogen (secondary N) is 1. The average molecular weight is 325 g/mol. The number of anilines is 1. The zero-order chi connectivity index (χ0) is 16.8. The second-order valence-electron chi connectivity index (χ2n) is 5.83. The SMILES string of the molecule is CCOCCOc1ccccc1C(=O)Nc1ccc2c(c1)CCC2. The molecule has 0 saturated heterocycles. The lowest BCUT2D eigenvalue weighted by Gasteiger charge is -2.12. The highest BCUT2D eigenvalue weighted by Gasteiger charge is 2.15. The van der Waals surface area contributed by atoms with Crippen LogP contribution in [0.1, 0.15) is 34.8 Å². The van der Waals surface area contributed by atoms with Gasteiger partial charge in [-0.3, -0.25) is 4.79 Å². The molecule has 0 radical (unpaired) electrons. The molecular formula is C20H23NO3. The third kappa shape index (κ3) is 3.95. The fourth-order valence-electron chi connectivity index (χ4n) is 2.98. The number of hydrogen-bond donors (Lipinski definition) is 1. The second kappa shape index (κ2) is 7.97. The summed E-state index contributed by atoms with van der Waals surface area (Å²) in [5, 5.41) is 2.98. The molecule has 1 N–H and O–H groups in total. The van der Waals surface area contributed by atoms with E-state index >= 15 is 0 Å². The number of amides is 1. The summed E-state index contributed by atoms with van der Waals surface area (Å²) in [5.41, 5.74) is 4.11. The van der Waals surface area contributed by atoms with Gasteiger partial charge in [-0.1, -0.05) is 18.2 Å². The summed E-state index contributed by atoms with van der Waals surface area (Å²) in [6.07, 6.45) is 3.43. The molecule has 0 atom stereocenters. The van der Waals surface area contributed by atoms with Crippen LogP contribution in [0, 0.1) is 0 Å².